The lowest BCUT2D eigenvalue weighted by molar-refractivity contribution is -0.120. The van der Waals surface area contributed by atoms with Gasteiger partial charge in [-0.3, -0.25) is 4.79 Å². The lowest BCUT2D eigenvalue weighted by atomic mass is 9.97. The van der Waals surface area contributed by atoms with E-state index in [2.05, 4.69) is 23.5 Å². The molecule has 1 N–H and O–H groups in total. The number of aromatic nitrogens is 1. The number of aryl methyl sites for hydroxylation is 2. The molecule has 3 aromatic carbocycles. The second-order valence-corrected chi connectivity index (χ2v) is 11.9. The maximum Gasteiger partial charge on any atom is 0.246 e. The van der Waals surface area contributed by atoms with E-state index in [-0.39, 0.29) is 31.8 Å². The van der Waals surface area contributed by atoms with Gasteiger partial charge in [-0.05, 0) is 66.5 Å². The van der Waals surface area contributed by atoms with Crippen molar-refractivity contribution in [3.63, 3.8) is 0 Å². The van der Waals surface area contributed by atoms with Crippen molar-refractivity contribution >= 4 is 53.4 Å². The minimum absolute atomic E-state index is 0.0486. The van der Waals surface area contributed by atoms with Crippen LogP contribution in [0.15, 0.2) is 47.4 Å². The molecule has 6 rings (SSSR count). The summed E-state index contributed by atoms with van der Waals surface area (Å²) < 4.78 is 55.3. The number of thiazole rings is 1. The maximum atomic E-state index is 14.1. The summed E-state index contributed by atoms with van der Waals surface area (Å²) in [5.74, 6) is -2.43. The second kappa shape index (κ2) is 8.32. The monoisotopic (exact) mass is 513 g/mol. The highest BCUT2D eigenvalue weighted by atomic mass is 32.2. The van der Waals surface area contributed by atoms with E-state index in [0.717, 1.165) is 44.9 Å². The molecule has 0 spiro atoms. The number of anilines is 1. The van der Waals surface area contributed by atoms with Gasteiger partial charge in [-0.15, -0.1) is 0 Å². The first kappa shape index (κ1) is 22.5. The third-order valence-electron chi connectivity index (χ3n) is 6.92. The molecule has 0 bridgehead atoms. The molecule has 1 aliphatic carbocycles. The molecule has 35 heavy (non-hydrogen) atoms. The molecular weight excluding hydrogens is 492 g/mol. The van der Waals surface area contributed by atoms with Gasteiger partial charge >= 0.3 is 0 Å². The molecule has 180 valence electrons. The molecular formula is C25H21F2N3O3S2. The standard InChI is InChI=1S/C25H21F2N3O3S2/c26-17-6-7-19(27)21(13-17)35(32,33)30-10-8-15(9-11-30)24(31)29-25-28-23-18-3-1-2-14-4-5-16(22(14)18)12-20(23)34-25/h1-3,6-7,12-13,15H,4-5,8-11H2,(H,28,29,31). The fourth-order valence-corrected chi connectivity index (χ4v) is 7.63. The summed E-state index contributed by atoms with van der Waals surface area (Å²) >= 11 is 1.44. The largest absolute Gasteiger partial charge is 0.302 e. The van der Waals surface area contributed by atoms with Crippen molar-refractivity contribution in [2.45, 2.75) is 30.6 Å². The molecule has 1 fully saturated rings. The van der Waals surface area contributed by atoms with Crippen molar-refractivity contribution in [2.75, 3.05) is 18.4 Å². The van der Waals surface area contributed by atoms with Gasteiger partial charge in [0.15, 0.2) is 5.13 Å². The van der Waals surface area contributed by atoms with Crippen molar-refractivity contribution in [3.8, 4) is 0 Å². The number of fused-ring (bicyclic) bond motifs is 2. The van der Waals surface area contributed by atoms with Crippen LogP contribution < -0.4 is 5.32 Å². The molecule has 2 aliphatic rings. The predicted molar refractivity (Wildman–Crippen MR) is 131 cm³/mol. The lowest BCUT2D eigenvalue weighted by Gasteiger charge is -2.30. The summed E-state index contributed by atoms with van der Waals surface area (Å²) in [6.07, 6.45) is 2.60. The van der Waals surface area contributed by atoms with Gasteiger partial charge in [0, 0.05) is 24.4 Å². The summed E-state index contributed by atoms with van der Waals surface area (Å²) in [6, 6.07) is 10.8. The highest BCUT2D eigenvalue weighted by molar-refractivity contribution is 7.89. The quantitative estimate of drug-likeness (QED) is 0.423. The summed E-state index contributed by atoms with van der Waals surface area (Å²) in [4.78, 5) is 17.0. The zero-order valence-electron chi connectivity index (χ0n) is 18.6. The van der Waals surface area contributed by atoms with Crippen LogP contribution in [0.4, 0.5) is 13.9 Å². The molecule has 2 heterocycles. The smallest absolute Gasteiger partial charge is 0.246 e. The van der Waals surface area contributed by atoms with Crippen LogP contribution in [0.5, 0.6) is 0 Å². The Balaban J connectivity index is 1.17. The minimum atomic E-state index is -4.19. The first-order valence-corrected chi connectivity index (χ1v) is 13.7. The van der Waals surface area contributed by atoms with Gasteiger partial charge in [0.1, 0.15) is 16.5 Å². The topological polar surface area (TPSA) is 79.4 Å². The number of halogens is 2. The van der Waals surface area contributed by atoms with E-state index in [1.54, 1.807) is 0 Å². The Kier molecular flexibility index (Phi) is 5.35. The number of piperidine rings is 1. The third kappa shape index (κ3) is 3.80. The fourth-order valence-electron chi connectivity index (χ4n) is 5.14. The van der Waals surface area contributed by atoms with Gasteiger partial charge in [-0.25, -0.2) is 22.2 Å². The maximum absolute atomic E-state index is 14.1. The van der Waals surface area contributed by atoms with Gasteiger partial charge in [0.25, 0.3) is 0 Å². The number of rotatable bonds is 4. The molecule has 0 atom stereocenters. The number of hydrogen-bond donors (Lipinski definition) is 1. The molecule has 1 amide bonds. The Morgan fingerprint density at radius 1 is 1.06 bits per heavy atom. The van der Waals surface area contributed by atoms with Crippen LogP contribution in [0.25, 0.3) is 21.0 Å². The molecule has 10 heteroatoms. The van der Waals surface area contributed by atoms with Crippen LogP contribution in [-0.4, -0.2) is 36.7 Å². The molecule has 0 radical (unpaired) electrons. The Morgan fingerprint density at radius 3 is 2.63 bits per heavy atom. The SMILES string of the molecule is O=C(Nc1nc2c(cc3c4c(cccc42)CC3)s1)C1CCN(S(=O)(=O)c2cc(F)ccc2F)CC1. The van der Waals surface area contributed by atoms with Crippen LogP contribution in [0.2, 0.25) is 0 Å². The number of carbonyl (C=O) groups is 1. The number of sulfonamides is 1. The second-order valence-electron chi connectivity index (χ2n) is 8.98. The van der Waals surface area contributed by atoms with Gasteiger partial charge in [0.05, 0.1) is 10.2 Å². The van der Waals surface area contributed by atoms with Crippen LogP contribution in [0, 0.1) is 17.6 Å². The van der Waals surface area contributed by atoms with Crippen LogP contribution in [-0.2, 0) is 27.7 Å². The number of hydrogen-bond acceptors (Lipinski definition) is 5. The predicted octanol–water partition coefficient (Wildman–Crippen LogP) is 4.87. The van der Waals surface area contributed by atoms with Gasteiger partial charge in [-0.2, -0.15) is 4.31 Å². The van der Waals surface area contributed by atoms with Gasteiger partial charge < -0.3 is 5.32 Å². The Labute approximate surface area is 204 Å². The third-order valence-corrected chi connectivity index (χ3v) is 9.75. The molecule has 1 aliphatic heterocycles. The van der Waals surface area contributed by atoms with E-state index >= 15 is 0 Å². The number of nitrogens with zero attached hydrogens (tertiary/aromatic N) is 2. The van der Waals surface area contributed by atoms with Crippen molar-refractivity contribution < 1.29 is 22.0 Å². The lowest BCUT2D eigenvalue weighted by Crippen LogP contribution is -2.41. The molecule has 0 saturated carbocycles. The average Bonchev–Trinajstić information content (AvgIpc) is 3.45. The Hall–Kier alpha value is -2.95. The summed E-state index contributed by atoms with van der Waals surface area (Å²) in [7, 11) is -4.19. The van der Waals surface area contributed by atoms with Gasteiger partial charge in [0.2, 0.25) is 15.9 Å². The van der Waals surface area contributed by atoms with E-state index in [1.165, 1.54) is 27.8 Å². The molecule has 0 unspecified atom stereocenters. The van der Waals surface area contributed by atoms with Crippen molar-refractivity contribution in [2.24, 2.45) is 5.92 Å². The van der Waals surface area contributed by atoms with Gasteiger partial charge in [-0.1, -0.05) is 29.5 Å². The number of amides is 1. The summed E-state index contributed by atoms with van der Waals surface area (Å²) in [5.41, 5.74) is 3.52. The fraction of sp³-hybridized carbons (Fsp3) is 0.280. The first-order valence-electron chi connectivity index (χ1n) is 11.4. The van der Waals surface area contributed by atoms with E-state index in [0.29, 0.717) is 11.2 Å². The average molecular weight is 514 g/mol. The van der Waals surface area contributed by atoms with Crippen LogP contribution in [0.3, 0.4) is 0 Å². The zero-order valence-corrected chi connectivity index (χ0v) is 20.2. The number of carbonyl (C=O) groups excluding carboxylic acids is 1. The summed E-state index contributed by atoms with van der Waals surface area (Å²) in [5, 5.41) is 5.80. The van der Waals surface area contributed by atoms with Crippen molar-refractivity contribution in [1.29, 1.82) is 0 Å². The Bertz CT molecular complexity index is 1610. The van der Waals surface area contributed by atoms with Crippen molar-refractivity contribution in [3.05, 3.63) is 65.2 Å². The molecule has 1 saturated heterocycles. The highest BCUT2D eigenvalue weighted by Gasteiger charge is 2.34. The zero-order chi connectivity index (χ0) is 24.3. The van der Waals surface area contributed by atoms with Crippen LogP contribution >= 0.6 is 11.3 Å². The van der Waals surface area contributed by atoms with E-state index in [4.69, 9.17) is 4.98 Å². The minimum Gasteiger partial charge on any atom is -0.302 e. The number of nitrogens with one attached hydrogen (secondary N) is 1. The normalized spacial score (nSPS) is 16.9. The molecule has 4 aromatic rings. The molecule has 6 nitrogen and oxygen atoms in total. The first-order chi connectivity index (χ1) is 16.8. The molecule has 1 aromatic heterocycles. The van der Waals surface area contributed by atoms with Crippen molar-refractivity contribution in [1.82, 2.24) is 9.29 Å². The highest BCUT2D eigenvalue weighted by Crippen LogP contribution is 2.39. The van der Waals surface area contributed by atoms with E-state index in [9.17, 15) is 22.0 Å². The Morgan fingerprint density at radius 2 is 1.83 bits per heavy atom. The van der Waals surface area contributed by atoms with Crippen LogP contribution in [0.1, 0.15) is 24.0 Å². The summed E-state index contributed by atoms with van der Waals surface area (Å²) in [6.45, 7) is 0.0972. The van der Waals surface area contributed by atoms with E-state index in [1.807, 2.05) is 6.07 Å². The van der Waals surface area contributed by atoms with E-state index < -0.39 is 32.5 Å². The number of benzene rings is 3.